The van der Waals surface area contributed by atoms with E-state index in [9.17, 15) is 21.6 Å². The predicted molar refractivity (Wildman–Crippen MR) is 118 cm³/mol. The number of alkyl halides is 3. The summed E-state index contributed by atoms with van der Waals surface area (Å²) in [4.78, 5) is 10.3. The number of rotatable bonds is 4. The summed E-state index contributed by atoms with van der Waals surface area (Å²) in [6.07, 6.45) is 2.91. The number of hydrogen-bond donors (Lipinski definition) is 1. The molecule has 0 amide bonds. The van der Waals surface area contributed by atoms with E-state index < -0.39 is 34.7 Å². The van der Waals surface area contributed by atoms with Gasteiger partial charge in [-0.25, -0.2) is 18.4 Å². The van der Waals surface area contributed by atoms with Crippen molar-refractivity contribution in [2.24, 2.45) is 0 Å². The Morgan fingerprint density at radius 3 is 2.36 bits per heavy atom. The molecule has 0 aliphatic carbocycles. The Labute approximate surface area is 189 Å². The van der Waals surface area contributed by atoms with E-state index in [1.165, 1.54) is 12.4 Å². The van der Waals surface area contributed by atoms with Crippen molar-refractivity contribution in [3.05, 3.63) is 83.4 Å². The average Bonchev–Trinajstić information content (AvgIpc) is 2.94. The highest BCUT2D eigenvalue weighted by atomic mass is 32.2. The summed E-state index contributed by atoms with van der Waals surface area (Å²) in [5.74, 6) is 0.407. The van der Waals surface area contributed by atoms with Crippen molar-refractivity contribution in [2.45, 2.75) is 31.6 Å². The molecule has 2 aromatic carbocycles. The molecule has 3 aromatic rings. The fraction of sp³-hybridized carbons (Fsp3) is 0.273. The van der Waals surface area contributed by atoms with Crippen LogP contribution in [0.3, 0.4) is 0 Å². The molecular formula is C22H22F3N5O2S. The molecule has 0 radical (unpaired) electrons. The fourth-order valence-electron chi connectivity index (χ4n) is 3.95. The molecule has 2 N–H and O–H groups in total. The van der Waals surface area contributed by atoms with Crippen molar-refractivity contribution in [1.29, 1.82) is 0 Å². The van der Waals surface area contributed by atoms with Gasteiger partial charge >= 0.3 is 15.5 Å². The van der Waals surface area contributed by atoms with Crippen LogP contribution in [0.2, 0.25) is 0 Å². The Hall–Kier alpha value is -3.18. The summed E-state index contributed by atoms with van der Waals surface area (Å²) in [6.45, 7) is 1.11. The molecule has 174 valence electrons. The highest BCUT2D eigenvalue weighted by Gasteiger charge is 2.51. The quantitative estimate of drug-likeness (QED) is 0.615. The van der Waals surface area contributed by atoms with E-state index in [1.54, 1.807) is 55.5 Å². The molecule has 33 heavy (non-hydrogen) atoms. The summed E-state index contributed by atoms with van der Waals surface area (Å²) < 4.78 is 66.2. The first-order valence-corrected chi connectivity index (χ1v) is 11.5. The molecule has 7 nitrogen and oxygen atoms in total. The van der Waals surface area contributed by atoms with Crippen molar-refractivity contribution in [2.75, 3.05) is 17.2 Å². The lowest BCUT2D eigenvalue weighted by molar-refractivity contribution is -0.0492. The third kappa shape index (κ3) is 4.51. The molecule has 0 saturated carbocycles. The highest BCUT2D eigenvalue weighted by molar-refractivity contribution is 7.89. The maximum absolute atomic E-state index is 13.6. The monoisotopic (exact) mass is 477 g/mol. The molecule has 1 aromatic heterocycles. The van der Waals surface area contributed by atoms with Crippen LogP contribution in [0.4, 0.5) is 24.5 Å². The standard InChI is InChI=1S/C22H22F3N5O2S/c1-15-6-5-9-19-18(15)12-29(33(31,32)22(23,24)25)13-20(16-7-3-2-4-8-16)30(19)14-21-27-10-17(26)11-28-21/h2-11,20H,12-14,26H2,1H3/t20-/m1/s1. The molecule has 1 aliphatic rings. The van der Waals surface area contributed by atoms with E-state index >= 15 is 0 Å². The molecule has 1 aliphatic heterocycles. The number of hydrogen-bond acceptors (Lipinski definition) is 6. The molecule has 2 heterocycles. The zero-order chi connectivity index (χ0) is 23.8. The zero-order valence-electron chi connectivity index (χ0n) is 17.7. The number of aryl methyl sites for hydroxylation is 1. The summed E-state index contributed by atoms with van der Waals surface area (Å²) in [7, 11) is -5.57. The van der Waals surface area contributed by atoms with Gasteiger partial charge in [0, 0.05) is 18.8 Å². The number of nitrogen functional groups attached to an aromatic ring is 1. The van der Waals surface area contributed by atoms with E-state index in [0.29, 0.717) is 38.2 Å². The Bertz CT molecular complexity index is 1240. The van der Waals surface area contributed by atoms with Crippen LogP contribution in [0.25, 0.3) is 0 Å². The van der Waals surface area contributed by atoms with Crippen molar-refractivity contribution in [3.8, 4) is 0 Å². The second kappa shape index (κ2) is 8.64. The van der Waals surface area contributed by atoms with Gasteiger partial charge in [-0.15, -0.1) is 0 Å². The molecule has 0 unspecified atom stereocenters. The Morgan fingerprint density at radius 1 is 1.06 bits per heavy atom. The molecular weight excluding hydrogens is 455 g/mol. The van der Waals surface area contributed by atoms with Crippen LogP contribution in [0, 0.1) is 6.92 Å². The fourth-order valence-corrected chi connectivity index (χ4v) is 4.88. The maximum atomic E-state index is 13.6. The third-order valence-electron chi connectivity index (χ3n) is 5.64. The molecule has 0 bridgehead atoms. The lowest BCUT2D eigenvalue weighted by Gasteiger charge is -2.34. The van der Waals surface area contributed by atoms with Crippen molar-refractivity contribution in [3.63, 3.8) is 0 Å². The number of aromatic nitrogens is 2. The van der Waals surface area contributed by atoms with Gasteiger partial charge in [0.15, 0.2) is 0 Å². The van der Waals surface area contributed by atoms with Gasteiger partial charge in [-0.2, -0.15) is 17.5 Å². The number of benzene rings is 2. The number of sulfonamides is 1. The second-order valence-corrected chi connectivity index (χ2v) is 9.73. The summed E-state index contributed by atoms with van der Waals surface area (Å²) in [5.41, 5.74) is 3.15. The van der Waals surface area contributed by atoms with Gasteiger partial charge in [0.05, 0.1) is 30.7 Å². The predicted octanol–water partition coefficient (Wildman–Crippen LogP) is 3.78. The molecule has 4 rings (SSSR count). The Balaban J connectivity index is 1.90. The summed E-state index contributed by atoms with van der Waals surface area (Å²) in [6, 6.07) is 13.4. The van der Waals surface area contributed by atoms with E-state index in [2.05, 4.69) is 9.97 Å². The second-order valence-electron chi connectivity index (χ2n) is 7.80. The van der Waals surface area contributed by atoms with Crippen LogP contribution < -0.4 is 10.6 Å². The molecule has 11 heteroatoms. The van der Waals surface area contributed by atoms with Gasteiger partial charge in [0.25, 0.3) is 0 Å². The number of fused-ring (bicyclic) bond motifs is 1. The number of nitrogens with two attached hydrogens (primary N) is 1. The Morgan fingerprint density at radius 2 is 1.73 bits per heavy atom. The average molecular weight is 478 g/mol. The topological polar surface area (TPSA) is 92.4 Å². The van der Waals surface area contributed by atoms with Crippen molar-refractivity contribution < 1.29 is 21.6 Å². The van der Waals surface area contributed by atoms with E-state index in [4.69, 9.17) is 5.73 Å². The minimum absolute atomic E-state index is 0.149. The largest absolute Gasteiger partial charge is 0.511 e. The lowest BCUT2D eigenvalue weighted by atomic mass is 10.0. The third-order valence-corrected chi connectivity index (χ3v) is 7.18. The van der Waals surface area contributed by atoms with Gasteiger partial charge in [0.1, 0.15) is 5.82 Å². The minimum atomic E-state index is -5.57. The maximum Gasteiger partial charge on any atom is 0.511 e. The van der Waals surface area contributed by atoms with Crippen LogP contribution in [-0.4, -0.2) is 34.7 Å². The minimum Gasteiger partial charge on any atom is -0.396 e. The summed E-state index contributed by atoms with van der Waals surface area (Å²) in [5, 5.41) is 0. The number of halogens is 3. The molecule has 1 atom stereocenters. The van der Waals surface area contributed by atoms with Gasteiger partial charge in [-0.05, 0) is 29.7 Å². The zero-order valence-corrected chi connectivity index (χ0v) is 18.5. The SMILES string of the molecule is Cc1cccc2c1CN(S(=O)(=O)C(F)(F)F)C[C@H](c1ccccc1)N2Cc1ncc(N)cn1. The van der Waals surface area contributed by atoms with Crippen LogP contribution in [0.15, 0.2) is 60.9 Å². The van der Waals surface area contributed by atoms with E-state index in [-0.39, 0.29) is 6.54 Å². The van der Waals surface area contributed by atoms with E-state index in [1.807, 2.05) is 4.90 Å². The first-order valence-electron chi connectivity index (χ1n) is 10.1. The van der Waals surface area contributed by atoms with Crippen molar-refractivity contribution in [1.82, 2.24) is 14.3 Å². The normalized spacial score (nSPS) is 17.5. The summed E-state index contributed by atoms with van der Waals surface area (Å²) >= 11 is 0. The lowest BCUT2D eigenvalue weighted by Crippen LogP contribution is -2.43. The molecule has 0 fully saturated rings. The van der Waals surface area contributed by atoms with E-state index in [0.717, 1.165) is 0 Å². The Kier molecular flexibility index (Phi) is 6.02. The van der Waals surface area contributed by atoms with Gasteiger partial charge in [0.2, 0.25) is 0 Å². The number of nitrogens with zero attached hydrogens (tertiary/aromatic N) is 4. The first kappa shape index (κ1) is 23.0. The van der Waals surface area contributed by atoms with Gasteiger partial charge < -0.3 is 10.6 Å². The smallest absolute Gasteiger partial charge is 0.396 e. The number of anilines is 2. The van der Waals surface area contributed by atoms with Gasteiger partial charge in [-0.3, -0.25) is 0 Å². The van der Waals surface area contributed by atoms with Crippen LogP contribution in [-0.2, 0) is 23.1 Å². The highest BCUT2D eigenvalue weighted by Crippen LogP contribution is 2.40. The van der Waals surface area contributed by atoms with Crippen LogP contribution >= 0.6 is 0 Å². The van der Waals surface area contributed by atoms with Gasteiger partial charge in [-0.1, -0.05) is 42.5 Å². The van der Waals surface area contributed by atoms with Crippen LogP contribution in [0.5, 0.6) is 0 Å². The van der Waals surface area contributed by atoms with Crippen molar-refractivity contribution >= 4 is 21.4 Å². The first-order chi connectivity index (χ1) is 15.6. The van der Waals surface area contributed by atoms with Crippen LogP contribution in [0.1, 0.15) is 28.6 Å². The molecule has 0 saturated heterocycles. The molecule has 0 spiro atoms.